The minimum atomic E-state index is -0.0865. The van der Waals surface area contributed by atoms with E-state index in [-0.39, 0.29) is 23.5 Å². The van der Waals surface area contributed by atoms with Crippen molar-refractivity contribution in [2.24, 2.45) is 0 Å². The number of amides is 1. The van der Waals surface area contributed by atoms with Gasteiger partial charge in [-0.1, -0.05) is 44.4 Å². The molecule has 0 radical (unpaired) electrons. The number of carbonyl (C=O) groups is 3. The van der Waals surface area contributed by atoms with E-state index < -0.39 is 0 Å². The van der Waals surface area contributed by atoms with Gasteiger partial charge in [0.15, 0.2) is 5.82 Å². The molecular weight excluding hydrogens is 584 g/mol. The minimum absolute atomic E-state index is 0.0316. The predicted molar refractivity (Wildman–Crippen MR) is 183 cm³/mol. The second kappa shape index (κ2) is 20.7. The van der Waals surface area contributed by atoms with Crippen molar-refractivity contribution < 1.29 is 23.9 Å². The highest BCUT2D eigenvalue weighted by Gasteiger charge is 2.17. The van der Waals surface area contributed by atoms with Crippen molar-refractivity contribution in [2.75, 3.05) is 45.8 Å². The van der Waals surface area contributed by atoms with Gasteiger partial charge in [0.05, 0.1) is 43.5 Å². The number of nitrogens with zero attached hydrogens (tertiary/aromatic N) is 3. The van der Waals surface area contributed by atoms with Crippen molar-refractivity contribution in [3.05, 3.63) is 30.1 Å². The number of hydrogen-bond acceptors (Lipinski definition) is 9. The number of benzene rings is 1. The number of nitrogens with one attached hydrogen (secondary N) is 2. The van der Waals surface area contributed by atoms with Crippen LogP contribution >= 0.6 is 0 Å². The fraction of sp³-hybridized carbons (Fsp3) is 0.629. The number of ether oxygens (including phenoxy) is 2. The lowest BCUT2D eigenvalue weighted by atomic mass is 10.0. The van der Waals surface area contributed by atoms with Gasteiger partial charge in [-0.3, -0.25) is 14.4 Å². The summed E-state index contributed by atoms with van der Waals surface area (Å²) in [5, 5.41) is 7.07. The summed E-state index contributed by atoms with van der Waals surface area (Å²) in [6.07, 6.45) is 9.54. The molecule has 254 valence electrons. The van der Waals surface area contributed by atoms with E-state index >= 15 is 0 Å². The highest BCUT2D eigenvalue weighted by atomic mass is 16.5. The molecule has 11 nitrogen and oxygen atoms in total. The Hall–Kier alpha value is -3.41. The Morgan fingerprint density at radius 1 is 0.913 bits per heavy atom. The van der Waals surface area contributed by atoms with E-state index in [0.29, 0.717) is 58.1 Å². The Kier molecular flexibility index (Phi) is 16.6. The summed E-state index contributed by atoms with van der Waals surface area (Å²) in [6.45, 7) is 6.67. The molecule has 1 atom stereocenters. The number of aryl methyl sites for hydroxylation is 2. The van der Waals surface area contributed by atoms with Crippen LogP contribution in [0.4, 0.5) is 5.82 Å². The van der Waals surface area contributed by atoms with Gasteiger partial charge < -0.3 is 30.4 Å². The number of para-hydroxylation sites is 1. The van der Waals surface area contributed by atoms with Crippen molar-refractivity contribution in [1.29, 1.82) is 0 Å². The molecule has 4 N–H and O–H groups in total. The molecule has 3 rings (SSSR count). The van der Waals surface area contributed by atoms with Gasteiger partial charge in [-0.2, -0.15) is 0 Å². The molecule has 0 fully saturated rings. The first-order chi connectivity index (χ1) is 22.3. The monoisotopic (exact) mass is 638 g/mol. The number of fused-ring (bicyclic) bond motifs is 3. The normalized spacial score (nSPS) is 12.2. The molecule has 1 amide bonds. The van der Waals surface area contributed by atoms with Crippen LogP contribution in [0.2, 0.25) is 0 Å². The number of pyridine rings is 1. The summed E-state index contributed by atoms with van der Waals surface area (Å²) in [6, 6.07) is 7.95. The zero-order valence-electron chi connectivity index (χ0n) is 28.1. The molecule has 0 spiro atoms. The lowest BCUT2D eigenvalue weighted by Gasteiger charge is -2.11. The number of rotatable bonds is 25. The van der Waals surface area contributed by atoms with Crippen LogP contribution in [-0.4, -0.2) is 78.1 Å². The van der Waals surface area contributed by atoms with Crippen LogP contribution in [0, 0.1) is 0 Å². The largest absolute Gasteiger partial charge is 0.382 e. The zero-order chi connectivity index (χ0) is 33.1. The SMILES string of the molecule is CCCCc1nc2c(N)nc3ccccc3c2n1CCCCNC(=O)CCOCCOCCC(=O)CCCCCC(NC)C(C)=O. The second-order valence-electron chi connectivity index (χ2n) is 11.9. The van der Waals surface area contributed by atoms with Gasteiger partial charge >= 0.3 is 0 Å². The molecule has 0 bridgehead atoms. The number of anilines is 1. The molecule has 2 heterocycles. The Bertz CT molecular complexity index is 1390. The number of imidazole rings is 1. The van der Waals surface area contributed by atoms with Gasteiger partial charge in [-0.25, -0.2) is 9.97 Å². The average molecular weight is 639 g/mol. The maximum absolute atomic E-state index is 12.3. The quantitative estimate of drug-likeness (QED) is 0.110. The van der Waals surface area contributed by atoms with Crippen LogP contribution in [0.15, 0.2) is 24.3 Å². The van der Waals surface area contributed by atoms with Crippen LogP contribution in [0.1, 0.15) is 90.3 Å². The van der Waals surface area contributed by atoms with Gasteiger partial charge in [0.2, 0.25) is 5.91 Å². The van der Waals surface area contributed by atoms with E-state index in [2.05, 4.69) is 33.2 Å². The molecule has 46 heavy (non-hydrogen) atoms. The summed E-state index contributed by atoms with van der Waals surface area (Å²) in [4.78, 5) is 45.2. The van der Waals surface area contributed by atoms with E-state index in [9.17, 15) is 14.4 Å². The van der Waals surface area contributed by atoms with Crippen molar-refractivity contribution in [1.82, 2.24) is 25.2 Å². The van der Waals surface area contributed by atoms with Crippen molar-refractivity contribution in [3.8, 4) is 0 Å². The molecule has 0 aliphatic heterocycles. The van der Waals surface area contributed by atoms with Crippen LogP contribution in [0.3, 0.4) is 0 Å². The highest BCUT2D eigenvalue weighted by molar-refractivity contribution is 6.06. The van der Waals surface area contributed by atoms with Gasteiger partial charge in [0, 0.05) is 44.2 Å². The third kappa shape index (κ3) is 12.1. The molecule has 0 saturated carbocycles. The number of nitrogen functional groups attached to an aromatic ring is 1. The third-order valence-corrected chi connectivity index (χ3v) is 8.23. The summed E-state index contributed by atoms with van der Waals surface area (Å²) in [5.41, 5.74) is 8.98. The van der Waals surface area contributed by atoms with E-state index in [1.54, 1.807) is 14.0 Å². The molecule has 3 aromatic rings. The van der Waals surface area contributed by atoms with E-state index in [0.717, 1.165) is 92.1 Å². The number of Topliss-reactive ketones (excluding diaryl/α,β-unsaturated/α-hetero) is 2. The summed E-state index contributed by atoms with van der Waals surface area (Å²) in [5.74, 6) is 1.82. The highest BCUT2D eigenvalue weighted by Crippen LogP contribution is 2.29. The zero-order valence-corrected chi connectivity index (χ0v) is 28.1. The van der Waals surface area contributed by atoms with E-state index in [4.69, 9.17) is 20.2 Å². The van der Waals surface area contributed by atoms with Crippen molar-refractivity contribution in [2.45, 2.75) is 103 Å². The minimum Gasteiger partial charge on any atom is -0.382 e. The maximum Gasteiger partial charge on any atom is 0.222 e. The molecule has 0 aliphatic carbocycles. The van der Waals surface area contributed by atoms with Crippen LogP contribution in [-0.2, 0) is 36.8 Å². The number of hydrogen-bond donors (Lipinski definition) is 3. The third-order valence-electron chi connectivity index (χ3n) is 8.23. The van der Waals surface area contributed by atoms with Gasteiger partial charge in [0.25, 0.3) is 0 Å². The first-order valence-corrected chi connectivity index (χ1v) is 17.0. The van der Waals surface area contributed by atoms with Gasteiger partial charge in [-0.05, 0) is 52.1 Å². The van der Waals surface area contributed by atoms with E-state index in [1.807, 2.05) is 18.2 Å². The fourth-order valence-corrected chi connectivity index (χ4v) is 5.58. The molecule has 0 aliphatic rings. The Morgan fingerprint density at radius 3 is 2.41 bits per heavy atom. The maximum atomic E-state index is 12.3. The molecule has 0 saturated heterocycles. The van der Waals surface area contributed by atoms with Crippen LogP contribution in [0.25, 0.3) is 21.9 Å². The number of carbonyl (C=O) groups excluding carboxylic acids is 3. The lowest BCUT2D eigenvalue weighted by molar-refractivity contribution is -0.123. The molecular formula is C35H54N6O5. The predicted octanol–water partition coefficient (Wildman–Crippen LogP) is 4.92. The Morgan fingerprint density at radius 2 is 1.67 bits per heavy atom. The molecule has 1 unspecified atom stereocenters. The number of ketones is 2. The lowest BCUT2D eigenvalue weighted by Crippen LogP contribution is -2.32. The number of likely N-dealkylation sites (N-methyl/N-ethyl adjacent to an activating group) is 1. The van der Waals surface area contributed by atoms with Crippen molar-refractivity contribution in [3.63, 3.8) is 0 Å². The van der Waals surface area contributed by atoms with E-state index in [1.165, 1.54) is 0 Å². The standard InChI is InChI=1S/C35H54N6O5/c1-4-5-17-31-40-33-34(28-14-9-10-16-30(28)39-35(33)36)41(31)21-12-11-20-38-32(44)19-23-46-25-24-45-22-18-27(43)13-7-6-8-15-29(37-3)26(2)42/h9-10,14,16,29,37H,4-8,11-13,15,17-25H2,1-3H3,(H2,36,39)(H,38,44). The van der Waals surface area contributed by atoms with Crippen LogP contribution in [0.5, 0.6) is 0 Å². The number of unbranched alkanes of at least 4 members (excludes halogenated alkanes) is 4. The van der Waals surface area contributed by atoms with Gasteiger partial charge in [-0.15, -0.1) is 0 Å². The number of aromatic nitrogens is 3. The summed E-state index contributed by atoms with van der Waals surface area (Å²) >= 11 is 0. The molecule has 2 aromatic heterocycles. The van der Waals surface area contributed by atoms with Crippen LogP contribution < -0.4 is 16.4 Å². The molecule has 1 aromatic carbocycles. The molecule has 11 heteroatoms. The Labute approximate surface area is 273 Å². The first kappa shape index (κ1) is 37.1. The Balaban J connectivity index is 1.24. The first-order valence-electron chi connectivity index (χ1n) is 17.0. The fourth-order valence-electron chi connectivity index (χ4n) is 5.58. The second-order valence-corrected chi connectivity index (χ2v) is 11.9. The summed E-state index contributed by atoms with van der Waals surface area (Å²) in [7, 11) is 1.80. The smallest absolute Gasteiger partial charge is 0.222 e. The van der Waals surface area contributed by atoms with Gasteiger partial charge in [0.1, 0.15) is 22.9 Å². The average Bonchev–Trinajstić information content (AvgIpc) is 3.41. The van der Waals surface area contributed by atoms with Crippen molar-refractivity contribution >= 4 is 45.2 Å². The number of nitrogens with two attached hydrogens (primary N) is 1. The topological polar surface area (TPSA) is 150 Å². The summed E-state index contributed by atoms with van der Waals surface area (Å²) < 4.78 is 13.3.